The van der Waals surface area contributed by atoms with Gasteiger partial charge in [-0.1, -0.05) is 42.5 Å². The molecule has 4 rings (SSSR count). The molecule has 0 spiro atoms. The molecular formula is C28H23N3O6. The lowest BCUT2D eigenvalue weighted by atomic mass is 9.92. The maximum Gasteiger partial charge on any atom is 0.340 e. The van der Waals surface area contributed by atoms with Gasteiger partial charge in [0, 0.05) is 23.4 Å². The Labute approximate surface area is 212 Å². The number of pyridine rings is 1. The van der Waals surface area contributed by atoms with Crippen molar-refractivity contribution in [3.63, 3.8) is 0 Å². The number of nitrogens with zero attached hydrogens (tertiary/aromatic N) is 3. The molecule has 4 aromatic rings. The van der Waals surface area contributed by atoms with Gasteiger partial charge < -0.3 is 13.9 Å². The number of methoxy groups -OCH3 is 1. The molecule has 2 aromatic heterocycles. The molecule has 37 heavy (non-hydrogen) atoms. The lowest BCUT2D eigenvalue weighted by molar-refractivity contribution is -0.384. The highest BCUT2D eigenvalue weighted by molar-refractivity contribution is 6.11. The molecule has 9 nitrogen and oxygen atoms in total. The van der Waals surface area contributed by atoms with Gasteiger partial charge in [0.05, 0.1) is 46.0 Å². The number of rotatable bonds is 6. The number of ether oxygens (including phenoxy) is 2. The summed E-state index contributed by atoms with van der Waals surface area (Å²) in [6.07, 6.45) is -0.477. The number of hydrogen-bond acceptors (Lipinski definition) is 7. The molecule has 0 saturated carbocycles. The van der Waals surface area contributed by atoms with Gasteiger partial charge in [-0.25, -0.2) is 9.59 Å². The lowest BCUT2D eigenvalue weighted by Gasteiger charge is -2.21. The molecule has 0 aliphatic rings. The lowest BCUT2D eigenvalue weighted by Crippen LogP contribution is -2.19. The second-order valence-corrected chi connectivity index (χ2v) is 8.57. The number of aromatic nitrogens is 1. The number of nitriles is 1. The van der Waals surface area contributed by atoms with Crippen LogP contribution >= 0.6 is 0 Å². The zero-order chi connectivity index (χ0) is 26.9. The van der Waals surface area contributed by atoms with Crippen LogP contribution < -0.4 is 0 Å². The van der Waals surface area contributed by atoms with Crippen molar-refractivity contribution >= 4 is 23.1 Å². The molecule has 0 bridgehead atoms. The zero-order valence-electron chi connectivity index (χ0n) is 20.6. The average molecular weight is 498 g/mol. The van der Waals surface area contributed by atoms with E-state index in [1.807, 2.05) is 30.3 Å². The summed E-state index contributed by atoms with van der Waals surface area (Å²) in [5, 5.41) is 21.5. The molecule has 2 aromatic carbocycles. The Balaban J connectivity index is 2.26. The van der Waals surface area contributed by atoms with Gasteiger partial charge in [-0.2, -0.15) is 5.26 Å². The van der Waals surface area contributed by atoms with Crippen molar-refractivity contribution in [1.29, 1.82) is 5.26 Å². The van der Waals surface area contributed by atoms with Crippen molar-refractivity contribution in [2.24, 2.45) is 0 Å². The van der Waals surface area contributed by atoms with Crippen LogP contribution in [0.4, 0.5) is 5.69 Å². The average Bonchev–Trinajstić information content (AvgIpc) is 3.28. The number of nitro groups is 1. The van der Waals surface area contributed by atoms with E-state index in [2.05, 4.69) is 6.07 Å². The second-order valence-electron chi connectivity index (χ2n) is 8.57. The van der Waals surface area contributed by atoms with Gasteiger partial charge in [-0.3, -0.25) is 10.1 Å². The predicted molar refractivity (Wildman–Crippen MR) is 136 cm³/mol. The number of aryl methyl sites for hydroxylation is 1. The standard InChI is InChI=1S/C28H23N3O6/c1-16(2)37-28(33)23-17(3)30-22(14-20(15-29)26(30)18-9-6-5-7-10-18)25(27(32)36-4)24(23)19-11-8-12-21(13-19)31(34)35/h5-14,16H,1-4H3. The second kappa shape index (κ2) is 9.95. The summed E-state index contributed by atoms with van der Waals surface area (Å²) in [4.78, 5) is 37.8. The molecule has 9 heteroatoms. The molecule has 0 aliphatic carbocycles. The molecule has 0 N–H and O–H groups in total. The Bertz CT molecular complexity index is 1600. The van der Waals surface area contributed by atoms with Gasteiger partial charge in [0.2, 0.25) is 0 Å². The van der Waals surface area contributed by atoms with Crippen molar-refractivity contribution in [2.45, 2.75) is 26.9 Å². The summed E-state index contributed by atoms with van der Waals surface area (Å²) in [6.45, 7) is 5.07. The first-order valence-corrected chi connectivity index (χ1v) is 11.4. The van der Waals surface area contributed by atoms with Crippen molar-refractivity contribution in [2.75, 3.05) is 7.11 Å². The van der Waals surface area contributed by atoms with Crippen LogP contribution in [0.2, 0.25) is 0 Å². The van der Waals surface area contributed by atoms with Crippen molar-refractivity contribution < 1.29 is 24.0 Å². The van der Waals surface area contributed by atoms with Crippen molar-refractivity contribution in [1.82, 2.24) is 4.40 Å². The van der Waals surface area contributed by atoms with Gasteiger partial charge in [0.15, 0.2) is 0 Å². The number of nitro benzene ring substituents is 1. The highest BCUT2D eigenvalue weighted by Crippen LogP contribution is 2.40. The minimum atomic E-state index is -0.772. The SMILES string of the molecule is COC(=O)c1c(-c2cccc([N+](=O)[O-])c2)c(C(=O)OC(C)C)c(C)n2c(-c3ccccc3)c(C#N)cc12. The normalized spacial score (nSPS) is 10.8. The van der Waals surface area contributed by atoms with Crippen LogP contribution in [0.25, 0.3) is 27.9 Å². The summed E-state index contributed by atoms with van der Waals surface area (Å²) < 4.78 is 12.3. The first-order chi connectivity index (χ1) is 17.7. The predicted octanol–water partition coefficient (Wildman–Crippen LogP) is 5.71. The van der Waals surface area contributed by atoms with Crippen LogP contribution in [0.3, 0.4) is 0 Å². The largest absolute Gasteiger partial charge is 0.465 e. The number of esters is 2. The summed E-state index contributed by atoms with van der Waals surface area (Å²) >= 11 is 0. The Morgan fingerprint density at radius 3 is 2.27 bits per heavy atom. The molecule has 2 heterocycles. The number of fused-ring (bicyclic) bond motifs is 1. The van der Waals surface area contributed by atoms with Gasteiger partial charge in [-0.05, 0) is 38.0 Å². The third kappa shape index (κ3) is 4.41. The smallest absolute Gasteiger partial charge is 0.340 e. The van der Waals surface area contributed by atoms with Gasteiger partial charge in [-0.15, -0.1) is 0 Å². The first-order valence-electron chi connectivity index (χ1n) is 11.4. The minimum absolute atomic E-state index is 0.0111. The van der Waals surface area contributed by atoms with E-state index in [9.17, 15) is 25.0 Å². The molecule has 0 atom stereocenters. The number of carbonyl (C=O) groups excluding carboxylic acids is 2. The first kappa shape index (κ1) is 25.1. The summed E-state index contributed by atoms with van der Waals surface area (Å²) in [5.41, 5.74) is 2.39. The van der Waals surface area contributed by atoms with Crippen LogP contribution in [0.1, 0.15) is 45.8 Å². The summed E-state index contributed by atoms with van der Waals surface area (Å²) in [7, 11) is 1.20. The third-order valence-electron chi connectivity index (χ3n) is 5.90. The fraction of sp³-hybridized carbons (Fsp3) is 0.179. The third-order valence-corrected chi connectivity index (χ3v) is 5.90. The molecule has 186 valence electrons. The Hall–Kier alpha value is -4.97. The van der Waals surface area contributed by atoms with E-state index in [1.54, 1.807) is 37.3 Å². The van der Waals surface area contributed by atoms with Crippen LogP contribution in [-0.2, 0) is 9.47 Å². The molecule has 0 amide bonds. The van der Waals surface area contributed by atoms with Crippen molar-refractivity contribution in [3.8, 4) is 28.5 Å². The Morgan fingerprint density at radius 2 is 1.68 bits per heavy atom. The summed E-state index contributed by atoms with van der Waals surface area (Å²) in [5.74, 6) is -1.49. The fourth-order valence-corrected chi connectivity index (χ4v) is 4.45. The van der Waals surface area contributed by atoms with E-state index in [0.717, 1.165) is 0 Å². The number of non-ortho nitro benzene ring substituents is 1. The zero-order valence-corrected chi connectivity index (χ0v) is 20.6. The minimum Gasteiger partial charge on any atom is -0.465 e. The monoisotopic (exact) mass is 497 g/mol. The van der Waals surface area contributed by atoms with Crippen molar-refractivity contribution in [3.05, 3.63) is 93.2 Å². The van der Waals surface area contributed by atoms with Crippen LogP contribution in [-0.4, -0.2) is 34.5 Å². The highest BCUT2D eigenvalue weighted by Gasteiger charge is 2.31. The maximum atomic E-state index is 13.5. The van der Waals surface area contributed by atoms with Gasteiger partial charge in [0.1, 0.15) is 6.07 Å². The number of benzene rings is 2. The van der Waals surface area contributed by atoms with E-state index in [4.69, 9.17) is 9.47 Å². The molecular weight excluding hydrogens is 474 g/mol. The molecule has 0 saturated heterocycles. The topological polar surface area (TPSA) is 124 Å². The quantitative estimate of drug-likeness (QED) is 0.190. The van der Waals surface area contributed by atoms with Gasteiger partial charge >= 0.3 is 11.9 Å². The molecule has 0 unspecified atom stereocenters. The number of hydrogen-bond donors (Lipinski definition) is 0. The summed E-state index contributed by atoms with van der Waals surface area (Å²) in [6, 6.07) is 18.5. The van der Waals surface area contributed by atoms with E-state index in [-0.39, 0.29) is 33.5 Å². The fourth-order valence-electron chi connectivity index (χ4n) is 4.45. The Kier molecular flexibility index (Phi) is 6.76. The molecule has 0 radical (unpaired) electrons. The Morgan fingerprint density at radius 1 is 1.00 bits per heavy atom. The van der Waals surface area contributed by atoms with Crippen LogP contribution in [0, 0.1) is 28.4 Å². The van der Waals surface area contributed by atoms with Crippen LogP contribution in [0.15, 0.2) is 60.7 Å². The van der Waals surface area contributed by atoms with E-state index >= 15 is 0 Å². The highest BCUT2D eigenvalue weighted by atomic mass is 16.6. The number of carbonyl (C=O) groups is 2. The maximum absolute atomic E-state index is 13.5. The molecule has 0 aliphatic heterocycles. The van der Waals surface area contributed by atoms with E-state index < -0.39 is 23.0 Å². The van der Waals surface area contributed by atoms with Crippen LogP contribution in [0.5, 0.6) is 0 Å². The molecule has 0 fully saturated rings. The van der Waals surface area contributed by atoms with E-state index in [1.165, 1.54) is 25.3 Å². The van der Waals surface area contributed by atoms with Gasteiger partial charge in [0.25, 0.3) is 5.69 Å². The van der Waals surface area contributed by atoms with E-state index in [0.29, 0.717) is 22.5 Å².